The maximum atomic E-state index is 4.87. The third kappa shape index (κ3) is 4.83. The number of aromatic nitrogens is 1. The zero-order chi connectivity index (χ0) is 15.2. The summed E-state index contributed by atoms with van der Waals surface area (Å²) in [4.78, 5) is 7.62. The summed E-state index contributed by atoms with van der Waals surface area (Å²) in [6, 6.07) is 8.56. The summed E-state index contributed by atoms with van der Waals surface area (Å²) in [6.45, 7) is 7.60. The largest absolute Gasteiger partial charge is 0.315 e. The van der Waals surface area contributed by atoms with Crippen LogP contribution in [0.1, 0.15) is 35.0 Å². The zero-order valence-corrected chi connectivity index (χ0v) is 14.9. The zero-order valence-electron chi connectivity index (χ0n) is 13.3. The molecule has 0 spiro atoms. The molecule has 2 rings (SSSR count). The second-order valence-electron chi connectivity index (χ2n) is 5.66. The van der Waals surface area contributed by atoms with Gasteiger partial charge in [-0.25, -0.2) is 4.98 Å². The number of thioether (sulfide) groups is 1. The molecular formula is C17H24N2S2. The summed E-state index contributed by atoms with van der Waals surface area (Å²) >= 11 is 3.74. The summed E-state index contributed by atoms with van der Waals surface area (Å²) in [7, 11) is 2.00. The van der Waals surface area contributed by atoms with Crippen LogP contribution in [0.15, 0.2) is 29.2 Å². The van der Waals surface area contributed by atoms with Crippen LogP contribution in [0.2, 0.25) is 0 Å². The molecule has 114 valence electrons. The Kier molecular flexibility index (Phi) is 6.27. The molecule has 0 saturated carbocycles. The van der Waals surface area contributed by atoms with E-state index in [4.69, 9.17) is 4.98 Å². The molecule has 21 heavy (non-hydrogen) atoms. The fourth-order valence-corrected chi connectivity index (χ4v) is 4.33. The molecule has 0 saturated heterocycles. The lowest BCUT2D eigenvalue weighted by molar-refractivity contribution is 0.630. The van der Waals surface area contributed by atoms with E-state index in [9.17, 15) is 0 Å². The fourth-order valence-electron chi connectivity index (χ4n) is 2.20. The summed E-state index contributed by atoms with van der Waals surface area (Å²) in [5.41, 5.74) is 2.63. The first-order chi connectivity index (χ1) is 10.1. The highest BCUT2D eigenvalue weighted by atomic mass is 32.2. The molecule has 1 heterocycles. The van der Waals surface area contributed by atoms with Crippen LogP contribution < -0.4 is 5.32 Å². The number of benzene rings is 1. The Morgan fingerprint density at radius 3 is 2.71 bits per heavy atom. The third-order valence-corrected chi connectivity index (χ3v) is 5.67. The molecule has 0 unspecified atom stereocenters. The number of nitrogens with zero attached hydrogens (tertiary/aromatic N) is 1. The smallest absolute Gasteiger partial charge is 0.103 e. The van der Waals surface area contributed by atoms with Crippen LogP contribution in [0, 0.1) is 12.8 Å². The molecule has 2 nitrogen and oxygen atoms in total. The average molecular weight is 321 g/mol. The van der Waals surface area contributed by atoms with Gasteiger partial charge in [-0.2, -0.15) is 0 Å². The van der Waals surface area contributed by atoms with Gasteiger partial charge in [0.25, 0.3) is 0 Å². The van der Waals surface area contributed by atoms with Crippen molar-refractivity contribution >= 4 is 23.1 Å². The molecule has 1 aromatic carbocycles. The predicted octanol–water partition coefficient (Wildman–Crippen LogP) is 4.66. The lowest BCUT2D eigenvalue weighted by Gasteiger charge is -2.04. The number of hydrogen-bond donors (Lipinski definition) is 1. The SMILES string of the molecule is CNCc1sc(CSc2ccccc2C)nc1CC(C)C. The fraction of sp³-hybridized carbons (Fsp3) is 0.471. The van der Waals surface area contributed by atoms with E-state index in [1.54, 1.807) is 0 Å². The molecule has 4 heteroatoms. The van der Waals surface area contributed by atoms with E-state index >= 15 is 0 Å². The minimum Gasteiger partial charge on any atom is -0.315 e. The van der Waals surface area contributed by atoms with Crippen molar-refractivity contribution in [1.29, 1.82) is 0 Å². The second-order valence-corrected chi connectivity index (χ2v) is 7.85. The topological polar surface area (TPSA) is 24.9 Å². The Labute approximate surface area is 136 Å². The molecule has 0 amide bonds. The standard InChI is InChI=1S/C17H24N2S2/c1-12(2)9-14-16(10-18-4)21-17(19-14)11-20-15-8-6-5-7-13(15)3/h5-8,12,18H,9-11H2,1-4H3. The van der Waals surface area contributed by atoms with Crippen molar-refractivity contribution < 1.29 is 0 Å². The second kappa shape index (κ2) is 7.97. The van der Waals surface area contributed by atoms with Crippen LogP contribution in [0.25, 0.3) is 0 Å². The van der Waals surface area contributed by atoms with E-state index in [0.29, 0.717) is 5.92 Å². The van der Waals surface area contributed by atoms with Gasteiger partial charge in [-0.3, -0.25) is 0 Å². The lowest BCUT2D eigenvalue weighted by atomic mass is 10.1. The number of nitrogens with one attached hydrogen (secondary N) is 1. The molecular weight excluding hydrogens is 296 g/mol. The van der Waals surface area contributed by atoms with Crippen LogP contribution in [0.4, 0.5) is 0 Å². The van der Waals surface area contributed by atoms with Gasteiger partial charge < -0.3 is 5.32 Å². The molecule has 0 aliphatic carbocycles. The van der Waals surface area contributed by atoms with Gasteiger partial charge in [0.1, 0.15) is 5.01 Å². The van der Waals surface area contributed by atoms with E-state index in [1.165, 1.54) is 26.0 Å². The van der Waals surface area contributed by atoms with Crippen molar-refractivity contribution in [3.8, 4) is 0 Å². The van der Waals surface area contributed by atoms with Crippen LogP contribution in [0.5, 0.6) is 0 Å². The predicted molar refractivity (Wildman–Crippen MR) is 94.2 cm³/mol. The Balaban J connectivity index is 2.08. The Bertz CT molecular complexity index is 576. The molecule has 0 atom stereocenters. The average Bonchev–Trinajstić information content (AvgIpc) is 2.80. The summed E-state index contributed by atoms with van der Waals surface area (Å²) in [5, 5.41) is 4.50. The highest BCUT2D eigenvalue weighted by Crippen LogP contribution is 2.29. The van der Waals surface area contributed by atoms with Crippen molar-refractivity contribution in [2.45, 2.75) is 44.4 Å². The lowest BCUT2D eigenvalue weighted by Crippen LogP contribution is -2.07. The van der Waals surface area contributed by atoms with Crippen molar-refractivity contribution in [2.75, 3.05) is 7.05 Å². The van der Waals surface area contributed by atoms with Gasteiger partial charge in [0, 0.05) is 16.3 Å². The molecule has 0 aliphatic heterocycles. The molecule has 1 N–H and O–H groups in total. The van der Waals surface area contributed by atoms with E-state index in [2.05, 4.69) is 50.4 Å². The van der Waals surface area contributed by atoms with E-state index < -0.39 is 0 Å². The highest BCUT2D eigenvalue weighted by Gasteiger charge is 2.12. The van der Waals surface area contributed by atoms with E-state index in [-0.39, 0.29) is 0 Å². The van der Waals surface area contributed by atoms with Gasteiger partial charge in [-0.05, 0) is 37.9 Å². The van der Waals surface area contributed by atoms with E-state index in [1.807, 2.05) is 30.1 Å². The molecule has 0 fully saturated rings. The summed E-state index contributed by atoms with van der Waals surface area (Å²) in [6.07, 6.45) is 1.07. The first-order valence-electron chi connectivity index (χ1n) is 7.40. The highest BCUT2D eigenvalue weighted by molar-refractivity contribution is 7.98. The van der Waals surface area contributed by atoms with Gasteiger partial charge in [0.05, 0.1) is 11.4 Å². The first-order valence-corrected chi connectivity index (χ1v) is 9.20. The number of rotatable bonds is 7. The normalized spacial score (nSPS) is 11.3. The maximum Gasteiger partial charge on any atom is 0.103 e. The monoisotopic (exact) mass is 320 g/mol. The van der Waals surface area contributed by atoms with E-state index in [0.717, 1.165) is 18.7 Å². The van der Waals surface area contributed by atoms with Gasteiger partial charge in [0.2, 0.25) is 0 Å². The molecule has 1 aromatic heterocycles. The van der Waals surface area contributed by atoms with Crippen molar-refractivity contribution in [1.82, 2.24) is 10.3 Å². The molecule has 0 radical (unpaired) electrons. The quantitative estimate of drug-likeness (QED) is 0.751. The van der Waals surface area contributed by atoms with Gasteiger partial charge in [0.15, 0.2) is 0 Å². The van der Waals surface area contributed by atoms with Gasteiger partial charge in [-0.15, -0.1) is 23.1 Å². The minimum absolute atomic E-state index is 0.652. The van der Waals surface area contributed by atoms with Gasteiger partial charge in [-0.1, -0.05) is 32.0 Å². The van der Waals surface area contributed by atoms with Crippen molar-refractivity contribution in [3.63, 3.8) is 0 Å². The number of thiazole rings is 1. The van der Waals surface area contributed by atoms with Crippen molar-refractivity contribution in [3.05, 3.63) is 45.4 Å². The Hall–Kier alpha value is -0.840. The summed E-state index contributed by atoms with van der Waals surface area (Å²) < 4.78 is 0. The molecule has 2 aromatic rings. The van der Waals surface area contributed by atoms with Crippen LogP contribution >= 0.6 is 23.1 Å². The summed E-state index contributed by atoms with van der Waals surface area (Å²) in [5.74, 6) is 1.62. The third-order valence-electron chi connectivity index (χ3n) is 3.21. The number of hydrogen-bond acceptors (Lipinski definition) is 4. The van der Waals surface area contributed by atoms with Gasteiger partial charge >= 0.3 is 0 Å². The van der Waals surface area contributed by atoms with Crippen LogP contribution in [-0.4, -0.2) is 12.0 Å². The maximum absolute atomic E-state index is 4.87. The molecule has 0 bridgehead atoms. The Morgan fingerprint density at radius 1 is 1.29 bits per heavy atom. The number of aryl methyl sites for hydroxylation is 1. The first kappa shape index (κ1) is 16.5. The van der Waals surface area contributed by atoms with Crippen LogP contribution in [-0.2, 0) is 18.7 Å². The van der Waals surface area contributed by atoms with Crippen LogP contribution in [0.3, 0.4) is 0 Å². The Morgan fingerprint density at radius 2 is 2.05 bits per heavy atom. The van der Waals surface area contributed by atoms with Crippen molar-refractivity contribution in [2.24, 2.45) is 5.92 Å². The molecule has 0 aliphatic rings. The minimum atomic E-state index is 0.652.